The van der Waals surface area contributed by atoms with Crippen LogP contribution in [0.3, 0.4) is 0 Å². The van der Waals surface area contributed by atoms with Gasteiger partial charge in [0.1, 0.15) is 6.54 Å². The largest absolute Gasteiger partial charge is 0.459 e. The number of rotatable bonds is 6. The van der Waals surface area contributed by atoms with E-state index in [1.807, 2.05) is 0 Å². The number of hydrogen-bond acceptors (Lipinski definition) is 6. The fraction of sp³-hybridized carbons (Fsp3) is 0.238. The summed E-state index contributed by atoms with van der Waals surface area (Å²) in [5, 5.41) is 2.66. The van der Waals surface area contributed by atoms with Crippen LogP contribution in [0.5, 0.6) is 0 Å². The molecule has 0 radical (unpaired) electrons. The van der Waals surface area contributed by atoms with E-state index in [2.05, 4.69) is 5.32 Å². The van der Waals surface area contributed by atoms with E-state index in [0.717, 1.165) is 0 Å². The molecule has 0 bridgehead atoms. The molecular weight excluding hydrogens is 376 g/mol. The molecule has 0 spiro atoms. The highest BCUT2D eigenvalue weighted by Crippen LogP contribution is 2.16. The highest BCUT2D eigenvalue weighted by atomic mass is 16.5. The first-order chi connectivity index (χ1) is 13.7. The molecule has 1 aromatic heterocycles. The fourth-order valence-corrected chi connectivity index (χ4v) is 2.75. The number of Topliss-reactive ketones (excluding diaryl/α,β-unsaturated/α-hetero) is 1. The number of esters is 1. The lowest BCUT2D eigenvalue weighted by atomic mass is 10.1. The van der Waals surface area contributed by atoms with E-state index >= 15 is 0 Å². The predicted molar refractivity (Wildman–Crippen MR) is 106 cm³/mol. The van der Waals surface area contributed by atoms with Crippen molar-refractivity contribution < 1.29 is 23.5 Å². The molecule has 0 unspecified atom stereocenters. The molecule has 0 aliphatic rings. The van der Waals surface area contributed by atoms with Crippen LogP contribution in [-0.4, -0.2) is 28.3 Å². The van der Waals surface area contributed by atoms with Crippen LogP contribution < -0.4 is 11.1 Å². The number of benzene rings is 2. The van der Waals surface area contributed by atoms with Crippen LogP contribution in [0.2, 0.25) is 0 Å². The van der Waals surface area contributed by atoms with Crippen LogP contribution in [0.4, 0.5) is 5.69 Å². The highest BCUT2D eigenvalue weighted by Gasteiger charge is 2.15. The molecule has 1 N–H and O–H groups in total. The summed E-state index contributed by atoms with van der Waals surface area (Å²) in [6.07, 6.45) is -0.225. The monoisotopic (exact) mass is 396 g/mol. The zero-order valence-corrected chi connectivity index (χ0v) is 16.2. The molecule has 1 heterocycles. The van der Waals surface area contributed by atoms with Crippen molar-refractivity contribution in [3.8, 4) is 0 Å². The Kier molecular flexibility index (Phi) is 5.63. The standard InChI is InChI=1S/C21H20N2O6/c1-12(2)28-20(26)14-4-7-16(8-5-14)22-19(25)11-23-17-9-6-15(13(3)24)10-18(17)29-21(23)27/h4-10,12H,11H2,1-3H3,(H,22,25). The number of fused-ring (bicyclic) bond motifs is 1. The molecule has 0 saturated heterocycles. The molecule has 8 heteroatoms. The molecule has 0 fully saturated rings. The van der Waals surface area contributed by atoms with Gasteiger partial charge in [-0.25, -0.2) is 9.59 Å². The smallest absolute Gasteiger partial charge is 0.420 e. The van der Waals surface area contributed by atoms with Gasteiger partial charge in [0.2, 0.25) is 5.91 Å². The molecule has 0 atom stereocenters. The number of anilines is 1. The number of nitrogens with one attached hydrogen (secondary N) is 1. The second kappa shape index (κ2) is 8.14. The van der Waals surface area contributed by atoms with Gasteiger partial charge >= 0.3 is 11.7 Å². The zero-order chi connectivity index (χ0) is 21.1. The van der Waals surface area contributed by atoms with Crippen molar-refractivity contribution in [2.45, 2.75) is 33.4 Å². The van der Waals surface area contributed by atoms with Gasteiger partial charge in [0, 0.05) is 11.3 Å². The Bertz CT molecular complexity index is 1140. The Labute approximate surface area is 166 Å². The molecule has 0 aliphatic heterocycles. The van der Waals surface area contributed by atoms with E-state index in [1.54, 1.807) is 50.2 Å². The first-order valence-corrected chi connectivity index (χ1v) is 9.00. The second-order valence-electron chi connectivity index (χ2n) is 6.77. The maximum absolute atomic E-state index is 12.4. The zero-order valence-electron chi connectivity index (χ0n) is 16.2. The predicted octanol–water partition coefficient (Wildman–Crippen LogP) is 3.00. The molecule has 150 valence electrons. The average molecular weight is 396 g/mol. The van der Waals surface area contributed by atoms with Gasteiger partial charge in [0.25, 0.3) is 0 Å². The lowest BCUT2D eigenvalue weighted by molar-refractivity contribution is -0.116. The molecule has 1 amide bonds. The number of amides is 1. The molecule has 29 heavy (non-hydrogen) atoms. The van der Waals surface area contributed by atoms with Crippen molar-refractivity contribution in [2.75, 3.05) is 5.32 Å². The van der Waals surface area contributed by atoms with Gasteiger partial charge in [-0.2, -0.15) is 0 Å². The maximum Gasteiger partial charge on any atom is 0.420 e. The summed E-state index contributed by atoms with van der Waals surface area (Å²) < 4.78 is 11.4. The van der Waals surface area contributed by atoms with E-state index in [1.165, 1.54) is 17.6 Å². The number of carbonyl (C=O) groups excluding carboxylic acids is 3. The quantitative estimate of drug-likeness (QED) is 0.507. The van der Waals surface area contributed by atoms with Crippen molar-refractivity contribution in [3.63, 3.8) is 0 Å². The number of carbonyl (C=O) groups is 3. The minimum absolute atomic E-state index is 0.152. The molecule has 8 nitrogen and oxygen atoms in total. The number of hydrogen-bond donors (Lipinski definition) is 1. The summed E-state index contributed by atoms with van der Waals surface area (Å²) in [5.41, 5.74) is 1.91. The van der Waals surface area contributed by atoms with E-state index in [-0.39, 0.29) is 24.0 Å². The molecule has 3 rings (SSSR count). The van der Waals surface area contributed by atoms with Crippen LogP contribution in [0, 0.1) is 0 Å². The Morgan fingerprint density at radius 2 is 1.72 bits per heavy atom. The van der Waals surface area contributed by atoms with Gasteiger partial charge in [-0.15, -0.1) is 0 Å². The van der Waals surface area contributed by atoms with Crippen molar-refractivity contribution in [1.82, 2.24) is 4.57 Å². The molecule has 0 saturated carbocycles. The Balaban J connectivity index is 1.72. The van der Waals surface area contributed by atoms with Gasteiger partial charge in [-0.3, -0.25) is 14.2 Å². The van der Waals surface area contributed by atoms with Gasteiger partial charge in [0.15, 0.2) is 11.4 Å². The summed E-state index contributed by atoms with van der Waals surface area (Å²) in [6.45, 7) is 4.67. The van der Waals surface area contributed by atoms with Crippen molar-refractivity contribution in [2.24, 2.45) is 0 Å². The van der Waals surface area contributed by atoms with Crippen molar-refractivity contribution in [3.05, 3.63) is 64.1 Å². The number of ether oxygens (including phenoxy) is 1. The normalized spacial score (nSPS) is 10.9. The number of ketones is 1. The third-order valence-corrected chi connectivity index (χ3v) is 4.12. The topological polar surface area (TPSA) is 108 Å². The fourth-order valence-electron chi connectivity index (χ4n) is 2.75. The van der Waals surface area contributed by atoms with E-state index in [9.17, 15) is 19.2 Å². The first kappa shape index (κ1) is 20.1. The molecule has 2 aromatic carbocycles. The van der Waals surface area contributed by atoms with Crippen LogP contribution in [-0.2, 0) is 16.1 Å². The third kappa shape index (κ3) is 4.60. The van der Waals surface area contributed by atoms with Gasteiger partial charge < -0.3 is 14.5 Å². The van der Waals surface area contributed by atoms with Gasteiger partial charge in [-0.05, 0) is 63.2 Å². The van der Waals surface area contributed by atoms with Gasteiger partial charge in [-0.1, -0.05) is 0 Å². The summed E-state index contributed by atoms with van der Waals surface area (Å²) in [4.78, 5) is 47.8. The van der Waals surface area contributed by atoms with E-state index in [0.29, 0.717) is 22.3 Å². The summed E-state index contributed by atoms with van der Waals surface area (Å²) >= 11 is 0. The SMILES string of the molecule is CC(=O)c1ccc2c(c1)oc(=O)n2CC(=O)Nc1ccc(C(=O)OC(C)C)cc1. The number of nitrogens with zero attached hydrogens (tertiary/aromatic N) is 1. The summed E-state index contributed by atoms with van der Waals surface area (Å²) in [6, 6.07) is 10.9. The molecule has 0 aliphatic carbocycles. The number of aromatic nitrogens is 1. The summed E-state index contributed by atoms with van der Waals surface area (Å²) in [7, 11) is 0. The first-order valence-electron chi connectivity index (χ1n) is 9.00. The minimum atomic E-state index is -0.692. The van der Waals surface area contributed by atoms with Crippen LogP contribution in [0.25, 0.3) is 11.1 Å². The van der Waals surface area contributed by atoms with E-state index < -0.39 is 17.6 Å². The maximum atomic E-state index is 12.4. The summed E-state index contributed by atoms with van der Waals surface area (Å²) in [5.74, 6) is -1.73. The molecular formula is C21H20N2O6. The van der Waals surface area contributed by atoms with E-state index in [4.69, 9.17) is 9.15 Å². The Hall–Kier alpha value is -3.68. The number of oxazole rings is 1. The van der Waals surface area contributed by atoms with Gasteiger partial charge in [0.05, 0.1) is 17.2 Å². The average Bonchev–Trinajstić information content (AvgIpc) is 2.96. The Morgan fingerprint density at radius 1 is 1.07 bits per heavy atom. The molecule has 3 aromatic rings. The third-order valence-electron chi connectivity index (χ3n) is 4.12. The van der Waals surface area contributed by atoms with Crippen LogP contribution >= 0.6 is 0 Å². The van der Waals surface area contributed by atoms with Crippen LogP contribution in [0.15, 0.2) is 51.7 Å². The second-order valence-corrected chi connectivity index (χ2v) is 6.77. The Morgan fingerprint density at radius 3 is 2.34 bits per heavy atom. The lowest BCUT2D eigenvalue weighted by Crippen LogP contribution is -2.24. The van der Waals surface area contributed by atoms with Crippen molar-refractivity contribution in [1.29, 1.82) is 0 Å². The lowest BCUT2D eigenvalue weighted by Gasteiger charge is -2.09. The minimum Gasteiger partial charge on any atom is -0.459 e. The highest BCUT2D eigenvalue weighted by molar-refractivity contribution is 5.97. The van der Waals surface area contributed by atoms with Crippen molar-refractivity contribution >= 4 is 34.4 Å². The van der Waals surface area contributed by atoms with Crippen LogP contribution in [0.1, 0.15) is 41.5 Å².